The van der Waals surface area contributed by atoms with Crippen molar-refractivity contribution in [3.63, 3.8) is 0 Å². The Hall–Kier alpha value is -1.35. The van der Waals surface area contributed by atoms with Crippen LogP contribution in [-0.2, 0) is 11.3 Å². The van der Waals surface area contributed by atoms with Gasteiger partial charge in [0.1, 0.15) is 0 Å². The van der Waals surface area contributed by atoms with Gasteiger partial charge in [-0.1, -0.05) is 30.3 Å². The van der Waals surface area contributed by atoms with Crippen LogP contribution >= 0.6 is 0 Å². The molecule has 2 aliphatic rings. The molecule has 3 nitrogen and oxygen atoms in total. The first kappa shape index (κ1) is 9.85. The van der Waals surface area contributed by atoms with Crippen molar-refractivity contribution in [3.8, 4) is 0 Å². The first-order chi connectivity index (χ1) is 7.69. The summed E-state index contributed by atoms with van der Waals surface area (Å²) in [6, 6.07) is 10.5. The van der Waals surface area contributed by atoms with Gasteiger partial charge in [0.25, 0.3) is 0 Å². The highest BCUT2D eigenvalue weighted by molar-refractivity contribution is 5.90. The maximum atomic E-state index is 12.1. The van der Waals surface area contributed by atoms with E-state index in [1.165, 1.54) is 5.56 Å². The van der Waals surface area contributed by atoms with E-state index >= 15 is 0 Å². The molecule has 1 saturated carbocycles. The Labute approximate surface area is 95.2 Å². The Morgan fingerprint density at radius 1 is 1.38 bits per heavy atom. The lowest BCUT2D eigenvalue weighted by molar-refractivity contribution is -0.135. The lowest BCUT2D eigenvalue weighted by atomic mass is 9.99. The lowest BCUT2D eigenvalue weighted by Crippen LogP contribution is -2.49. The van der Waals surface area contributed by atoms with E-state index in [-0.39, 0.29) is 5.91 Å². The molecule has 1 aliphatic heterocycles. The molecule has 2 fully saturated rings. The van der Waals surface area contributed by atoms with Crippen LogP contribution in [0.3, 0.4) is 0 Å². The number of fused-ring (bicyclic) bond motifs is 2. The van der Waals surface area contributed by atoms with E-state index in [1.807, 2.05) is 23.1 Å². The number of rotatable bonds is 2. The Morgan fingerprint density at radius 2 is 2.12 bits per heavy atom. The number of amides is 1. The zero-order valence-electron chi connectivity index (χ0n) is 9.23. The summed E-state index contributed by atoms with van der Waals surface area (Å²) in [6.45, 7) is 0.712. The van der Waals surface area contributed by atoms with Crippen molar-refractivity contribution in [2.45, 2.75) is 37.4 Å². The number of piperidine rings is 1. The molecular formula is C13H16N2O. The number of nitrogens with two attached hydrogens (primary N) is 1. The van der Waals surface area contributed by atoms with Gasteiger partial charge in [-0.05, 0) is 24.8 Å². The molecule has 3 rings (SSSR count). The highest BCUT2D eigenvalue weighted by atomic mass is 16.2. The SMILES string of the molecule is NC12CCC(C1)N(Cc1ccccc1)C2=O. The minimum Gasteiger partial charge on any atom is -0.334 e. The van der Waals surface area contributed by atoms with Crippen molar-refractivity contribution < 1.29 is 4.79 Å². The van der Waals surface area contributed by atoms with E-state index in [1.54, 1.807) is 0 Å². The van der Waals surface area contributed by atoms with Crippen LogP contribution in [0.25, 0.3) is 0 Å². The molecule has 16 heavy (non-hydrogen) atoms. The van der Waals surface area contributed by atoms with Crippen molar-refractivity contribution in [2.24, 2.45) is 5.73 Å². The average Bonchev–Trinajstić information content (AvgIpc) is 2.78. The molecule has 1 aromatic rings. The number of hydrogen-bond donors (Lipinski definition) is 1. The third kappa shape index (κ3) is 1.35. The highest BCUT2D eigenvalue weighted by Crippen LogP contribution is 2.40. The van der Waals surface area contributed by atoms with Crippen LogP contribution in [0.1, 0.15) is 24.8 Å². The molecule has 1 amide bonds. The first-order valence-electron chi connectivity index (χ1n) is 5.83. The van der Waals surface area contributed by atoms with Crippen molar-refractivity contribution >= 4 is 5.91 Å². The number of nitrogens with zero attached hydrogens (tertiary/aromatic N) is 1. The molecule has 0 spiro atoms. The molecule has 2 N–H and O–H groups in total. The molecule has 1 heterocycles. The van der Waals surface area contributed by atoms with E-state index in [2.05, 4.69) is 12.1 Å². The van der Waals surface area contributed by atoms with Gasteiger partial charge in [0.15, 0.2) is 0 Å². The Bertz CT molecular complexity index is 417. The summed E-state index contributed by atoms with van der Waals surface area (Å²) in [4.78, 5) is 14.1. The molecule has 0 radical (unpaired) electrons. The minimum absolute atomic E-state index is 0.146. The predicted molar refractivity (Wildman–Crippen MR) is 61.5 cm³/mol. The molecule has 2 unspecified atom stereocenters. The van der Waals surface area contributed by atoms with E-state index in [0.29, 0.717) is 12.6 Å². The van der Waals surface area contributed by atoms with Crippen LogP contribution in [0.5, 0.6) is 0 Å². The van der Waals surface area contributed by atoms with Crippen LogP contribution in [0.15, 0.2) is 30.3 Å². The molecule has 3 heteroatoms. The zero-order chi connectivity index (χ0) is 11.2. The third-order valence-electron chi connectivity index (χ3n) is 3.85. The summed E-state index contributed by atoms with van der Waals surface area (Å²) >= 11 is 0. The van der Waals surface area contributed by atoms with Crippen molar-refractivity contribution in [3.05, 3.63) is 35.9 Å². The summed E-state index contributed by atoms with van der Waals surface area (Å²) in [7, 11) is 0. The summed E-state index contributed by atoms with van der Waals surface area (Å²) in [5.74, 6) is 0.146. The van der Waals surface area contributed by atoms with Gasteiger partial charge in [-0.2, -0.15) is 0 Å². The van der Waals surface area contributed by atoms with Gasteiger partial charge in [0, 0.05) is 12.6 Å². The van der Waals surface area contributed by atoms with Crippen molar-refractivity contribution in [2.75, 3.05) is 0 Å². The fourth-order valence-corrected chi connectivity index (χ4v) is 2.94. The minimum atomic E-state index is -0.542. The summed E-state index contributed by atoms with van der Waals surface area (Å²) < 4.78 is 0. The van der Waals surface area contributed by atoms with Gasteiger partial charge in [-0.3, -0.25) is 4.79 Å². The van der Waals surface area contributed by atoms with Gasteiger partial charge in [-0.15, -0.1) is 0 Å². The van der Waals surface area contributed by atoms with Crippen LogP contribution in [0.2, 0.25) is 0 Å². The lowest BCUT2D eigenvalue weighted by Gasteiger charge is -2.29. The van der Waals surface area contributed by atoms with Crippen LogP contribution < -0.4 is 5.73 Å². The van der Waals surface area contributed by atoms with Gasteiger partial charge in [-0.25, -0.2) is 0 Å². The zero-order valence-corrected chi connectivity index (χ0v) is 9.23. The molecule has 0 aromatic heterocycles. The summed E-state index contributed by atoms with van der Waals surface area (Å²) in [5.41, 5.74) is 6.74. The maximum Gasteiger partial charge on any atom is 0.243 e. The summed E-state index contributed by atoms with van der Waals surface area (Å²) in [6.07, 6.45) is 2.77. The molecule has 2 bridgehead atoms. The third-order valence-corrected chi connectivity index (χ3v) is 3.85. The fourth-order valence-electron chi connectivity index (χ4n) is 2.94. The molecule has 1 aliphatic carbocycles. The van der Waals surface area contributed by atoms with Crippen molar-refractivity contribution in [1.29, 1.82) is 0 Å². The Kier molecular flexibility index (Phi) is 2.04. The molecule has 1 aromatic carbocycles. The normalized spacial score (nSPS) is 32.4. The van der Waals surface area contributed by atoms with Gasteiger partial charge in [0.05, 0.1) is 5.54 Å². The second kappa shape index (κ2) is 3.32. The van der Waals surface area contributed by atoms with E-state index in [4.69, 9.17) is 5.73 Å². The second-order valence-electron chi connectivity index (χ2n) is 4.97. The number of carbonyl (C=O) groups is 1. The van der Waals surface area contributed by atoms with Gasteiger partial charge in [0.2, 0.25) is 5.91 Å². The van der Waals surface area contributed by atoms with Crippen LogP contribution in [-0.4, -0.2) is 22.4 Å². The van der Waals surface area contributed by atoms with Crippen LogP contribution in [0, 0.1) is 0 Å². The monoisotopic (exact) mass is 216 g/mol. The number of benzene rings is 1. The second-order valence-corrected chi connectivity index (χ2v) is 4.97. The molecule has 84 valence electrons. The Morgan fingerprint density at radius 3 is 2.75 bits per heavy atom. The quantitative estimate of drug-likeness (QED) is 0.809. The van der Waals surface area contributed by atoms with E-state index in [0.717, 1.165) is 19.3 Å². The first-order valence-corrected chi connectivity index (χ1v) is 5.83. The average molecular weight is 216 g/mol. The van der Waals surface area contributed by atoms with Gasteiger partial charge < -0.3 is 10.6 Å². The largest absolute Gasteiger partial charge is 0.334 e. The summed E-state index contributed by atoms with van der Waals surface area (Å²) in [5, 5.41) is 0. The smallest absolute Gasteiger partial charge is 0.243 e. The van der Waals surface area contributed by atoms with Gasteiger partial charge >= 0.3 is 0 Å². The number of likely N-dealkylation sites (tertiary alicyclic amines) is 1. The topological polar surface area (TPSA) is 46.3 Å². The maximum absolute atomic E-state index is 12.1. The van der Waals surface area contributed by atoms with E-state index in [9.17, 15) is 4.79 Å². The van der Waals surface area contributed by atoms with E-state index < -0.39 is 5.54 Å². The number of hydrogen-bond acceptors (Lipinski definition) is 2. The van der Waals surface area contributed by atoms with Crippen molar-refractivity contribution in [1.82, 2.24) is 4.90 Å². The number of carbonyl (C=O) groups excluding carboxylic acids is 1. The van der Waals surface area contributed by atoms with Crippen LogP contribution in [0.4, 0.5) is 0 Å². The highest BCUT2D eigenvalue weighted by Gasteiger charge is 2.53. The molecular weight excluding hydrogens is 200 g/mol. The standard InChI is InChI=1S/C13H16N2O/c14-13-7-6-11(8-13)15(12(13)16)9-10-4-2-1-3-5-10/h1-5,11H,6-9,14H2. The molecule has 1 saturated heterocycles. The molecule has 2 atom stereocenters. The predicted octanol–water partition coefficient (Wildman–Crippen LogP) is 1.28. The Balaban J connectivity index is 1.80. The fraction of sp³-hybridized carbons (Fsp3) is 0.462.